The molecule has 5 nitrogen and oxygen atoms in total. The lowest BCUT2D eigenvalue weighted by atomic mass is 10.0. The normalized spacial score (nSPS) is 15.5. The average molecular weight is 264 g/mol. The highest BCUT2D eigenvalue weighted by molar-refractivity contribution is 5.63. The Balaban J connectivity index is 1.92. The minimum Gasteiger partial charge on any atom is -0.490 e. The number of aromatic nitrogens is 2. The third kappa shape index (κ3) is 3.72. The second kappa shape index (κ2) is 7.16. The molecule has 106 valence electrons. The maximum atomic E-state index is 5.40. The summed E-state index contributed by atoms with van der Waals surface area (Å²) in [6.45, 7) is 3.80. The molecule has 1 aromatic rings. The van der Waals surface area contributed by atoms with E-state index in [1.807, 2.05) is 6.92 Å². The minimum atomic E-state index is 0.704. The number of nitrogens with one attached hydrogen (secondary N) is 2. The van der Waals surface area contributed by atoms with Gasteiger partial charge >= 0.3 is 0 Å². The number of hydrogen-bond donors (Lipinski definition) is 2. The molecule has 2 N–H and O–H groups in total. The molecule has 0 amide bonds. The van der Waals surface area contributed by atoms with Crippen LogP contribution in [-0.4, -0.2) is 30.2 Å². The first-order chi connectivity index (χ1) is 9.35. The van der Waals surface area contributed by atoms with Crippen molar-refractivity contribution in [1.82, 2.24) is 9.97 Å². The summed E-state index contributed by atoms with van der Waals surface area (Å²) in [5.41, 5.74) is 0. The number of nitrogens with zero attached hydrogens (tertiary/aromatic N) is 2. The molecule has 1 aliphatic carbocycles. The summed E-state index contributed by atoms with van der Waals surface area (Å²) < 4.78 is 5.40. The topological polar surface area (TPSA) is 59.1 Å². The van der Waals surface area contributed by atoms with Gasteiger partial charge < -0.3 is 15.4 Å². The summed E-state index contributed by atoms with van der Waals surface area (Å²) in [7, 11) is 1.65. The molecule has 1 aliphatic rings. The summed E-state index contributed by atoms with van der Waals surface area (Å²) in [6.07, 6.45) is 8.33. The van der Waals surface area contributed by atoms with E-state index in [1.54, 1.807) is 13.4 Å². The van der Waals surface area contributed by atoms with E-state index < -0.39 is 0 Å². The second-order valence-corrected chi connectivity index (χ2v) is 5.00. The van der Waals surface area contributed by atoms with Crippen LogP contribution in [0.4, 0.5) is 11.6 Å². The Bertz CT molecular complexity index is 391. The first kappa shape index (κ1) is 13.9. The molecule has 0 radical (unpaired) electrons. The van der Waals surface area contributed by atoms with Gasteiger partial charge in [0.05, 0.1) is 7.11 Å². The van der Waals surface area contributed by atoms with Crippen molar-refractivity contribution in [1.29, 1.82) is 0 Å². The quantitative estimate of drug-likeness (QED) is 0.793. The zero-order valence-electron chi connectivity index (χ0n) is 11.9. The molecule has 0 aromatic carbocycles. The van der Waals surface area contributed by atoms with Crippen molar-refractivity contribution in [2.75, 3.05) is 30.8 Å². The van der Waals surface area contributed by atoms with Crippen molar-refractivity contribution in [3.63, 3.8) is 0 Å². The number of anilines is 2. The zero-order valence-corrected chi connectivity index (χ0v) is 11.9. The molecule has 5 heteroatoms. The highest BCUT2D eigenvalue weighted by Crippen LogP contribution is 2.30. The van der Waals surface area contributed by atoms with Crippen molar-refractivity contribution in [3.8, 4) is 5.75 Å². The molecule has 2 rings (SSSR count). The van der Waals surface area contributed by atoms with Crippen LogP contribution in [0.1, 0.15) is 39.0 Å². The number of methoxy groups -OCH3 is 1. The molecule has 0 bridgehead atoms. The summed E-state index contributed by atoms with van der Waals surface area (Å²) in [5, 5.41) is 6.56. The van der Waals surface area contributed by atoms with Crippen LogP contribution in [0.25, 0.3) is 0 Å². The van der Waals surface area contributed by atoms with E-state index in [0.29, 0.717) is 5.75 Å². The molecule has 1 saturated carbocycles. The number of rotatable bonds is 7. The van der Waals surface area contributed by atoms with Crippen LogP contribution in [0.2, 0.25) is 0 Å². The van der Waals surface area contributed by atoms with E-state index in [9.17, 15) is 0 Å². The smallest absolute Gasteiger partial charge is 0.204 e. The van der Waals surface area contributed by atoms with E-state index in [-0.39, 0.29) is 0 Å². The van der Waals surface area contributed by atoms with Gasteiger partial charge in [-0.25, -0.2) is 9.97 Å². The summed E-state index contributed by atoms with van der Waals surface area (Å²) >= 11 is 0. The monoisotopic (exact) mass is 264 g/mol. The minimum absolute atomic E-state index is 0.704. The maximum absolute atomic E-state index is 5.40. The SMILES string of the molecule is CCNc1ncnc(NCCC2CCCC2)c1OC. The Morgan fingerprint density at radius 1 is 1.21 bits per heavy atom. The molecule has 1 heterocycles. The van der Waals surface area contributed by atoms with Crippen LogP contribution < -0.4 is 15.4 Å². The standard InChI is InChI=1S/C14H24N4O/c1-3-15-13-12(19-2)14(18-10-17-13)16-9-8-11-6-4-5-7-11/h10-11H,3-9H2,1-2H3,(H2,15,16,17,18). The molecule has 1 fully saturated rings. The predicted molar refractivity (Wildman–Crippen MR) is 77.8 cm³/mol. The van der Waals surface area contributed by atoms with Crippen molar-refractivity contribution in [3.05, 3.63) is 6.33 Å². The van der Waals surface area contributed by atoms with E-state index in [2.05, 4.69) is 20.6 Å². The lowest BCUT2D eigenvalue weighted by Gasteiger charge is -2.14. The van der Waals surface area contributed by atoms with Crippen LogP contribution >= 0.6 is 0 Å². The number of hydrogen-bond acceptors (Lipinski definition) is 5. The Morgan fingerprint density at radius 2 is 1.89 bits per heavy atom. The van der Waals surface area contributed by atoms with Gasteiger partial charge in [0.25, 0.3) is 0 Å². The highest BCUT2D eigenvalue weighted by Gasteiger charge is 2.15. The lowest BCUT2D eigenvalue weighted by Crippen LogP contribution is -2.11. The Kier molecular flexibility index (Phi) is 5.24. The van der Waals surface area contributed by atoms with E-state index >= 15 is 0 Å². The molecule has 0 aliphatic heterocycles. The third-order valence-corrected chi connectivity index (χ3v) is 3.67. The van der Waals surface area contributed by atoms with Crippen LogP contribution in [0.5, 0.6) is 5.75 Å². The average Bonchev–Trinajstić information content (AvgIpc) is 2.93. The molecule has 0 unspecified atom stereocenters. The molecular formula is C14H24N4O. The first-order valence-corrected chi connectivity index (χ1v) is 7.21. The summed E-state index contributed by atoms with van der Waals surface area (Å²) in [4.78, 5) is 8.47. The van der Waals surface area contributed by atoms with Crippen LogP contribution in [0.15, 0.2) is 6.33 Å². The van der Waals surface area contributed by atoms with Gasteiger partial charge in [-0.2, -0.15) is 0 Å². The molecule has 0 atom stereocenters. The summed E-state index contributed by atoms with van der Waals surface area (Å²) in [6, 6.07) is 0. The summed E-state index contributed by atoms with van der Waals surface area (Å²) in [5.74, 6) is 3.12. The number of ether oxygens (including phenoxy) is 1. The van der Waals surface area contributed by atoms with E-state index in [0.717, 1.165) is 30.6 Å². The van der Waals surface area contributed by atoms with Gasteiger partial charge in [-0.1, -0.05) is 25.7 Å². The van der Waals surface area contributed by atoms with Crippen LogP contribution in [0.3, 0.4) is 0 Å². The molecule has 0 saturated heterocycles. The fourth-order valence-corrected chi connectivity index (χ4v) is 2.68. The van der Waals surface area contributed by atoms with Gasteiger partial charge in [-0.3, -0.25) is 0 Å². The third-order valence-electron chi connectivity index (χ3n) is 3.67. The van der Waals surface area contributed by atoms with Gasteiger partial charge in [0, 0.05) is 13.1 Å². The Hall–Kier alpha value is -1.52. The van der Waals surface area contributed by atoms with Gasteiger partial charge in [0.15, 0.2) is 11.6 Å². The van der Waals surface area contributed by atoms with Gasteiger partial charge in [0.1, 0.15) is 6.33 Å². The van der Waals surface area contributed by atoms with Crippen molar-refractivity contribution < 1.29 is 4.74 Å². The molecule has 1 aromatic heterocycles. The molecule has 19 heavy (non-hydrogen) atoms. The Labute approximate surface area is 115 Å². The van der Waals surface area contributed by atoms with Gasteiger partial charge in [-0.15, -0.1) is 0 Å². The molecule has 0 spiro atoms. The fraction of sp³-hybridized carbons (Fsp3) is 0.714. The largest absolute Gasteiger partial charge is 0.490 e. The lowest BCUT2D eigenvalue weighted by molar-refractivity contribution is 0.414. The van der Waals surface area contributed by atoms with Crippen LogP contribution in [-0.2, 0) is 0 Å². The first-order valence-electron chi connectivity index (χ1n) is 7.21. The highest BCUT2D eigenvalue weighted by atomic mass is 16.5. The maximum Gasteiger partial charge on any atom is 0.204 e. The van der Waals surface area contributed by atoms with E-state index in [4.69, 9.17) is 4.74 Å². The predicted octanol–water partition coefficient (Wildman–Crippen LogP) is 2.91. The van der Waals surface area contributed by atoms with Crippen molar-refractivity contribution in [2.45, 2.75) is 39.0 Å². The van der Waals surface area contributed by atoms with Crippen molar-refractivity contribution in [2.24, 2.45) is 5.92 Å². The zero-order chi connectivity index (χ0) is 13.5. The fourth-order valence-electron chi connectivity index (χ4n) is 2.68. The van der Waals surface area contributed by atoms with Crippen molar-refractivity contribution >= 4 is 11.6 Å². The van der Waals surface area contributed by atoms with Gasteiger partial charge in [0.2, 0.25) is 5.75 Å². The second-order valence-electron chi connectivity index (χ2n) is 5.00. The Morgan fingerprint density at radius 3 is 2.53 bits per heavy atom. The van der Waals surface area contributed by atoms with E-state index in [1.165, 1.54) is 32.1 Å². The van der Waals surface area contributed by atoms with Crippen LogP contribution in [0, 0.1) is 5.92 Å². The molecular weight excluding hydrogens is 240 g/mol. The van der Waals surface area contributed by atoms with Gasteiger partial charge in [-0.05, 0) is 19.3 Å².